The molecule has 0 spiro atoms. The summed E-state index contributed by atoms with van der Waals surface area (Å²) in [5, 5.41) is 0. The minimum absolute atomic E-state index is 0.600. The highest BCUT2D eigenvalue weighted by Crippen LogP contribution is 2.22. The molecule has 1 saturated heterocycles. The van der Waals surface area contributed by atoms with Gasteiger partial charge in [-0.25, -0.2) is 10.8 Å². The Bertz CT molecular complexity index is 322. The normalized spacial score (nSPS) is 20.3. The lowest BCUT2D eigenvalue weighted by Gasteiger charge is -2.22. The number of rotatable bonds is 4. The Balaban J connectivity index is 1.92. The molecule has 1 aromatic heterocycles. The quantitative estimate of drug-likeness (QED) is 0.595. The van der Waals surface area contributed by atoms with E-state index in [0.29, 0.717) is 11.9 Å². The van der Waals surface area contributed by atoms with E-state index in [1.165, 1.54) is 17.9 Å². The van der Waals surface area contributed by atoms with Crippen LogP contribution in [0.25, 0.3) is 0 Å². The van der Waals surface area contributed by atoms with Gasteiger partial charge in [-0.15, -0.1) is 0 Å². The standard InChI is InChI=1S/C10H17N5S/c1-15(9-2-3-16-7-9)6-8-4-13-10(14-11)5-12-8/h4-5,9H,2-3,6-7,11H2,1H3,(H,13,14). The molecule has 0 bridgehead atoms. The highest BCUT2D eigenvalue weighted by Gasteiger charge is 2.20. The molecular weight excluding hydrogens is 222 g/mol. The van der Waals surface area contributed by atoms with E-state index in [1.807, 2.05) is 11.8 Å². The number of anilines is 1. The Morgan fingerprint density at radius 2 is 2.44 bits per heavy atom. The van der Waals surface area contributed by atoms with Crippen LogP contribution in [-0.4, -0.2) is 39.5 Å². The third kappa shape index (κ3) is 2.84. The molecule has 5 nitrogen and oxygen atoms in total. The minimum Gasteiger partial charge on any atom is -0.307 e. The van der Waals surface area contributed by atoms with E-state index in [9.17, 15) is 0 Å². The van der Waals surface area contributed by atoms with E-state index in [1.54, 1.807) is 12.4 Å². The van der Waals surface area contributed by atoms with Gasteiger partial charge in [0, 0.05) is 18.3 Å². The summed E-state index contributed by atoms with van der Waals surface area (Å²) >= 11 is 2.02. The lowest BCUT2D eigenvalue weighted by molar-refractivity contribution is 0.251. The first-order chi connectivity index (χ1) is 7.79. The monoisotopic (exact) mass is 239 g/mol. The number of nitrogens with two attached hydrogens (primary N) is 1. The largest absolute Gasteiger partial charge is 0.307 e. The summed E-state index contributed by atoms with van der Waals surface area (Å²) in [5.74, 6) is 8.34. The number of nitrogen functional groups attached to an aromatic ring is 1. The fraction of sp³-hybridized carbons (Fsp3) is 0.600. The van der Waals surface area contributed by atoms with Crippen LogP contribution in [0.1, 0.15) is 12.1 Å². The molecule has 1 unspecified atom stereocenters. The molecule has 1 aliphatic rings. The van der Waals surface area contributed by atoms with E-state index < -0.39 is 0 Å². The van der Waals surface area contributed by atoms with Crippen LogP contribution in [0.15, 0.2) is 12.4 Å². The van der Waals surface area contributed by atoms with E-state index in [-0.39, 0.29) is 0 Å². The first kappa shape index (κ1) is 11.6. The number of thioether (sulfide) groups is 1. The Morgan fingerprint density at radius 1 is 1.56 bits per heavy atom. The Hall–Kier alpha value is -0.850. The van der Waals surface area contributed by atoms with Gasteiger partial charge in [-0.05, 0) is 19.2 Å². The van der Waals surface area contributed by atoms with Gasteiger partial charge in [0.1, 0.15) is 0 Å². The molecule has 0 radical (unpaired) electrons. The second kappa shape index (κ2) is 5.47. The van der Waals surface area contributed by atoms with Crippen molar-refractivity contribution in [1.29, 1.82) is 0 Å². The maximum atomic E-state index is 5.24. The average molecular weight is 239 g/mol. The summed E-state index contributed by atoms with van der Waals surface area (Å²) in [6.45, 7) is 0.850. The van der Waals surface area contributed by atoms with E-state index in [0.717, 1.165) is 12.2 Å². The number of nitrogens with zero attached hydrogens (tertiary/aromatic N) is 3. The van der Waals surface area contributed by atoms with Gasteiger partial charge in [0.15, 0.2) is 5.82 Å². The van der Waals surface area contributed by atoms with Crippen LogP contribution < -0.4 is 11.3 Å². The van der Waals surface area contributed by atoms with E-state index in [2.05, 4.69) is 27.3 Å². The van der Waals surface area contributed by atoms with Crippen molar-refractivity contribution in [2.24, 2.45) is 5.84 Å². The molecule has 2 heterocycles. The van der Waals surface area contributed by atoms with Gasteiger partial charge in [0.2, 0.25) is 0 Å². The van der Waals surface area contributed by atoms with Crippen molar-refractivity contribution in [1.82, 2.24) is 14.9 Å². The topological polar surface area (TPSA) is 67.1 Å². The zero-order valence-electron chi connectivity index (χ0n) is 9.39. The molecule has 1 atom stereocenters. The van der Waals surface area contributed by atoms with Crippen molar-refractivity contribution in [2.45, 2.75) is 19.0 Å². The van der Waals surface area contributed by atoms with Crippen molar-refractivity contribution in [3.05, 3.63) is 18.1 Å². The summed E-state index contributed by atoms with van der Waals surface area (Å²) in [6, 6.07) is 0.680. The van der Waals surface area contributed by atoms with Gasteiger partial charge in [0.25, 0.3) is 0 Å². The first-order valence-corrected chi connectivity index (χ1v) is 6.50. The second-order valence-electron chi connectivity index (χ2n) is 3.97. The lowest BCUT2D eigenvalue weighted by Crippen LogP contribution is -2.31. The average Bonchev–Trinajstić information content (AvgIpc) is 2.83. The summed E-state index contributed by atoms with van der Waals surface area (Å²) in [7, 11) is 2.15. The smallest absolute Gasteiger partial charge is 0.158 e. The lowest BCUT2D eigenvalue weighted by atomic mass is 10.2. The highest BCUT2D eigenvalue weighted by atomic mass is 32.2. The Morgan fingerprint density at radius 3 is 3.00 bits per heavy atom. The van der Waals surface area contributed by atoms with Crippen LogP contribution in [-0.2, 0) is 6.54 Å². The van der Waals surface area contributed by atoms with Crippen molar-refractivity contribution < 1.29 is 0 Å². The molecule has 6 heteroatoms. The summed E-state index contributed by atoms with van der Waals surface area (Å²) in [5.41, 5.74) is 3.46. The predicted molar refractivity (Wildman–Crippen MR) is 67.0 cm³/mol. The van der Waals surface area contributed by atoms with Gasteiger partial charge in [-0.1, -0.05) is 0 Å². The fourth-order valence-corrected chi connectivity index (χ4v) is 3.06. The number of hydrogen-bond donors (Lipinski definition) is 2. The Labute approximate surface area is 99.8 Å². The van der Waals surface area contributed by atoms with Gasteiger partial charge >= 0.3 is 0 Å². The zero-order chi connectivity index (χ0) is 11.4. The molecule has 1 fully saturated rings. The van der Waals surface area contributed by atoms with Crippen LogP contribution in [0.5, 0.6) is 0 Å². The van der Waals surface area contributed by atoms with Crippen molar-refractivity contribution in [2.75, 3.05) is 24.0 Å². The third-order valence-electron chi connectivity index (χ3n) is 2.79. The molecule has 1 aliphatic heterocycles. The molecule has 0 aromatic carbocycles. The third-order valence-corrected chi connectivity index (χ3v) is 3.94. The van der Waals surface area contributed by atoms with Crippen molar-refractivity contribution in [3.63, 3.8) is 0 Å². The molecule has 1 aromatic rings. The van der Waals surface area contributed by atoms with E-state index >= 15 is 0 Å². The fourth-order valence-electron chi connectivity index (χ4n) is 1.77. The van der Waals surface area contributed by atoms with Crippen LogP contribution in [0, 0.1) is 0 Å². The second-order valence-corrected chi connectivity index (χ2v) is 5.12. The van der Waals surface area contributed by atoms with Crippen molar-refractivity contribution >= 4 is 17.6 Å². The van der Waals surface area contributed by atoms with Crippen molar-refractivity contribution in [3.8, 4) is 0 Å². The number of aromatic nitrogens is 2. The molecular formula is C10H17N5S. The SMILES string of the molecule is CN(Cc1cnc(NN)cn1)C1CCSC1. The summed E-state index contributed by atoms with van der Waals surface area (Å²) in [6.07, 6.45) is 4.71. The molecule has 3 N–H and O–H groups in total. The number of nitrogens with one attached hydrogen (secondary N) is 1. The number of hydrogen-bond acceptors (Lipinski definition) is 6. The van der Waals surface area contributed by atoms with Gasteiger partial charge in [0.05, 0.1) is 18.1 Å². The first-order valence-electron chi connectivity index (χ1n) is 5.35. The molecule has 0 amide bonds. The van der Waals surface area contributed by atoms with Crippen LogP contribution in [0.2, 0.25) is 0 Å². The highest BCUT2D eigenvalue weighted by molar-refractivity contribution is 7.99. The minimum atomic E-state index is 0.600. The Kier molecular flexibility index (Phi) is 3.98. The van der Waals surface area contributed by atoms with Gasteiger partial charge in [-0.3, -0.25) is 9.88 Å². The zero-order valence-corrected chi connectivity index (χ0v) is 10.2. The maximum absolute atomic E-state index is 5.24. The van der Waals surface area contributed by atoms with Gasteiger partial charge < -0.3 is 5.43 Å². The summed E-state index contributed by atoms with van der Waals surface area (Å²) < 4.78 is 0. The molecule has 0 saturated carbocycles. The van der Waals surface area contributed by atoms with Crippen LogP contribution in [0.3, 0.4) is 0 Å². The van der Waals surface area contributed by atoms with Gasteiger partial charge in [-0.2, -0.15) is 11.8 Å². The molecule has 2 rings (SSSR count). The number of hydrazine groups is 1. The maximum Gasteiger partial charge on any atom is 0.158 e. The van der Waals surface area contributed by atoms with Crippen LogP contribution in [0.4, 0.5) is 5.82 Å². The molecule has 88 valence electrons. The summed E-state index contributed by atoms with van der Waals surface area (Å²) in [4.78, 5) is 10.8. The molecule has 16 heavy (non-hydrogen) atoms. The van der Waals surface area contributed by atoms with E-state index in [4.69, 9.17) is 5.84 Å². The predicted octanol–water partition coefficient (Wildman–Crippen LogP) is 0.699. The van der Waals surface area contributed by atoms with Crippen LogP contribution >= 0.6 is 11.8 Å². The molecule has 0 aliphatic carbocycles.